The SMILES string of the molecule is CSC(S)CC(N)=O. The minimum atomic E-state index is -0.292. The lowest BCUT2D eigenvalue weighted by Gasteiger charge is -2.00. The van der Waals surface area contributed by atoms with Crippen molar-refractivity contribution in [3.05, 3.63) is 0 Å². The minimum Gasteiger partial charge on any atom is -0.370 e. The molecule has 0 aromatic heterocycles. The lowest BCUT2D eigenvalue weighted by atomic mass is 10.5. The zero-order valence-corrected chi connectivity index (χ0v) is 6.34. The Kier molecular flexibility index (Phi) is 4.18. The molecule has 0 rings (SSSR count). The van der Waals surface area contributed by atoms with Crippen molar-refractivity contribution in [2.24, 2.45) is 5.73 Å². The van der Waals surface area contributed by atoms with Crippen LogP contribution in [0.2, 0.25) is 0 Å². The molecule has 0 aliphatic carbocycles. The Bertz CT molecular complexity index is 86.1. The summed E-state index contributed by atoms with van der Waals surface area (Å²) in [7, 11) is 0. The number of thiol groups is 1. The van der Waals surface area contributed by atoms with Crippen LogP contribution in [-0.4, -0.2) is 16.7 Å². The zero-order chi connectivity index (χ0) is 6.57. The van der Waals surface area contributed by atoms with Crippen molar-refractivity contribution in [2.45, 2.75) is 11.0 Å². The highest BCUT2D eigenvalue weighted by atomic mass is 32.2. The molecule has 4 heteroatoms. The van der Waals surface area contributed by atoms with Crippen LogP contribution in [0.3, 0.4) is 0 Å². The second kappa shape index (κ2) is 4.09. The van der Waals surface area contributed by atoms with Gasteiger partial charge in [-0.1, -0.05) is 0 Å². The molecule has 0 fully saturated rings. The van der Waals surface area contributed by atoms with E-state index in [0.29, 0.717) is 6.42 Å². The van der Waals surface area contributed by atoms with E-state index in [1.807, 2.05) is 6.26 Å². The Morgan fingerprint density at radius 2 is 2.50 bits per heavy atom. The summed E-state index contributed by atoms with van der Waals surface area (Å²) in [5, 5.41) is 0. The molecule has 0 radical (unpaired) electrons. The average Bonchev–Trinajstić information content (AvgIpc) is 1.65. The third kappa shape index (κ3) is 4.33. The molecule has 0 saturated carbocycles. The van der Waals surface area contributed by atoms with Gasteiger partial charge < -0.3 is 5.73 Å². The van der Waals surface area contributed by atoms with Crippen LogP contribution in [0.5, 0.6) is 0 Å². The zero-order valence-electron chi connectivity index (χ0n) is 4.63. The highest BCUT2D eigenvalue weighted by Gasteiger charge is 2.02. The molecule has 48 valence electrons. The van der Waals surface area contributed by atoms with E-state index in [1.54, 1.807) is 0 Å². The number of primary amides is 1. The average molecular weight is 151 g/mol. The van der Waals surface area contributed by atoms with Crippen LogP contribution >= 0.6 is 24.4 Å². The predicted molar refractivity (Wildman–Crippen MR) is 40.1 cm³/mol. The molecule has 2 nitrogen and oxygen atoms in total. The van der Waals surface area contributed by atoms with Gasteiger partial charge in [0, 0.05) is 6.42 Å². The Balaban J connectivity index is 3.24. The fraction of sp³-hybridized carbons (Fsp3) is 0.750. The van der Waals surface area contributed by atoms with Crippen LogP contribution in [0.25, 0.3) is 0 Å². The van der Waals surface area contributed by atoms with Gasteiger partial charge in [0.1, 0.15) is 0 Å². The van der Waals surface area contributed by atoms with E-state index < -0.39 is 0 Å². The topological polar surface area (TPSA) is 43.1 Å². The molecule has 8 heavy (non-hydrogen) atoms. The Labute approximate surface area is 58.6 Å². The highest BCUT2D eigenvalue weighted by Crippen LogP contribution is 2.13. The summed E-state index contributed by atoms with van der Waals surface area (Å²) < 4.78 is 0.0625. The standard InChI is InChI=1S/C4H9NOS2/c1-8-4(7)2-3(5)6/h4,7H,2H2,1H3,(H2,5,6). The highest BCUT2D eigenvalue weighted by molar-refractivity contribution is 8.09. The van der Waals surface area contributed by atoms with Crippen LogP contribution in [0.4, 0.5) is 0 Å². The molecule has 1 unspecified atom stereocenters. The van der Waals surface area contributed by atoms with Gasteiger partial charge in [0.15, 0.2) is 0 Å². The van der Waals surface area contributed by atoms with Crippen LogP contribution in [0, 0.1) is 0 Å². The number of carbonyl (C=O) groups is 1. The van der Waals surface area contributed by atoms with E-state index in [2.05, 4.69) is 12.6 Å². The van der Waals surface area contributed by atoms with E-state index in [1.165, 1.54) is 11.8 Å². The van der Waals surface area contributed by atoms with Crippen LogP contribution in [0.15, 0.2) is 0 Å². The lowest BCUT2D eigenvalue weighted by Crippen LogP contribution is -2.14. The maximum atomic E-state index is 10.1. The van der Waals surface area contributed by atoms with Crippen molar-refractivity contribution in [2.75, 3.05) is 6.26 Å². The Morgan fingerprint density at radius 3 is 2.62 bits per heavy atom. The molecule has 0 saturated heterocycles. The number of amides is 1. The van der Waals surface area contributed by atoms with E-state index in [4.69, 9.17) is 5.73 Å². The van der Waals surface area contributed by atoms with Gasteiger partial charge in [-0.15, -0.1) is 0 Å². The number of carbonyl (C=O) groups excluding carboxylic acids is 1. The number of rotatable bonds is 3. The summed E-state index contributed by atoms with van der Waals surface area (Å²) in [5.41, 5.74) is 4.87. The Hall–Kier alpha value is 0.170. The van der Waals surface area contributed by atoms with Gasteiger partial charge in [0.05, 0.1) is 4.58 Å². The van der Waals surface area contributed by atoms with E-state index in [0.717, 1.165) is 0 Å². The molecule has 1 amide bonds. The Morgan fingerprint density at radius 1 is 2.00 bits per heavy atom. The van der Waals surface area contributed by atoms with Gasteiger partial charge in [0.2, 0.25) is 5.91 Å². The fourth-order valence-electron chi connectivity index (χ4n) is 0.255. The molecule has 0 spiro atoms. The lowest BCUT2D eigenvalue weighted by molar-refractivity contribution is -0.117. The van der Waals surface area contributed by atoms with Crippen molar-refractivity contribution in [3.8, 4) is 0 Å². The largest absolute Gasteiger partial charge is 0.370 e. The molecule has 2 N–H and O–H groups in total. The maximum absolute atomic E-state index is 10.1. The van der Waals surface area contributed by atoms with Crippen LogP contribution in [-0.2, 0) is 4.79 Å². The summed E-state index contributed by atoms with van der Waals surface area (Å²) >= 11 is 5.55. The first-order chi connectivity index (χ1) is 3.66. The molecule has 0 aliphatic rings. The summed E-state index contributed by atoms with van der Waals surface area (Å²) in [6, 6.07) is 0. The predicted octanol–water partition coefficient (Wildman–Crippen LogP) is 0.481. The minimum absolute atomic E-state index is 0.0625. The molecule has 1 atom stereocenters. The van der Waals surface area contributed by atoms with Crippen molar-refractivity contribution >= 4 is 30.3 Å². The van der Waals surface area contributed by atoms with Gasteiger partial charge in [-0.3, -0.25) is 4.79 Å². The smallest absolute Gasteiger partial charge is 0.219 e. The van der Waals surface area contributed by atoms with Gasteiger partial charge in [-0.05, 0) is 6.26 Å². The molecule has 0 heterocycles. The molecular weight excluding hydrogens is 142 g/mol. The third-order valence-electron chi connectivity index (χ3n) is 0.648. The first kappa shape index (κ1) is 8.17. The molecular formula is C4H9NOS2. The summed E-state index contributed by atoms with van der Waals surface area (Å²) in [5.74, 6) is -0.292. The number of thioether (sulfide) groups is 1. The van der Waals surface area contributed by atoms with Crippen molar-refractivity contribution in [3.63, 3.8) is 0 Å². The fourth-order valence-corrected chi connectivity index (χ4v) is 0.766. The first-order valence-electron chi connectivity index (χ1n) is 2.16. The number of hydrogen-bond donors (Lipinski definition) is 2. The summed E-state index contributed by atoms with van der Waals surface area (Å²) in [6.07, 6.45) is 2.24. The van der Waals surface area contributed by atoms with Crippen LogP contribution in [0.1, 0.15) is 6.42 Å². The van der Waals surface area contributed by atoms with Crippen molar-refractivity contribution in [1.82, 2.24) is 0 Å². The van der Waals surface area contributed by atoms with E-state index >= 15 is 0 Å². The molecule has 0 bridgehead atoms. The quantitative estimate of drug-likeness (QED) is 0.455. The molecule has 0 aromatic carbocycles. The van der Waals surface area contributed by atoms with Gasteiger partial charge in [0.25, 0.3) is 0 Å². The van der Waals surface area contributed by atoms with E-state index in [-0.39, 0.29) is 10.5 Å². The maximum Gasteiger partial charge on any atom is 0.219 e. The normalized spacial score (nSPS) is 13.2. The summed E-state index contributed by atoms with van der Waals surface area (Å²) in [4.78, 5) is 10.1. The van der Waals surface area contributed by atoms with E-state index in [9.17, 15) is 4.79 Å². The first-order valence-corrected chi connectivity index (χ1v) is 3.96. The van der Waals surface area contributed by atoms with Gasteiger partial charge in [-0.25, -0.2) is 0 Å². The van der Waals surface area contributed by atoms with Crippen LogP contribution < -0.4 is 5.73 Å². The van der Waals surface area contributed by atoms with Gasteiger partial charge >= 0.3 is 0 Å². The second-order valence-electron chi connectivity index (χ2n) is 1.36. The third-order valence-corrected chi connectivity index (χ3v) is 2.17. The molecule has 0 aliphatic heterocycles. The number of hydrogen-bond acceptors (Lipinski definition) is 3. The van der Waals surface area contributed by atoms with Crippen molar-refractivity contribution < 1.29 is 4.79 Å². The monoisotopic (exact) mass is 151 g/mol. The molecule has 0 aromatic rings. The van der Waals surface area contributed by atoms with Crippen molar-refractivity contribution in [1.29, 1.82) is 0 Å². The summed E-state index contributed by atoms with van der Waals surface area (Å²) in [6.45, 7) is 0. The second-order valence-corrected chi connectivity index (χ2v) is 3.37. The van der Waals surface area contributed by atoms with Gasteiger partial charge in [-0.2, -0.15) is 24.4 Å². The number of nitrogens with two attached hydrogens (primary N) is 1.